The number of fused-ring (bicyclic) bond motifs is 1. The van der Waals surface area contributed by atoms with Crippen LogP contribution in [0.25, 0.3) is 10.6 Å². The number of benzene rings is 1. The summed E-state index contributed by atoms with van der Waals surface area (Å²) in [6.07, 6.45) is 5.51. The number of rotatable bonds is 3. The molecule has 3 unspecified atom stereocenters. The monoisotopic (exact) mass is 395 g/mol. The van der Waals surface area contributed by atoms with Crippen LogP contribution in [0, 0.1) is 11.7 Å². The lowest BCUT2D eigenvalue weighted by Crippen LogP contribution is -2.34. The number of amides is 1. The van der Waals surface area contributed by atoms with Gasteiger partial charge in [-0.25, -0.2) is 9.37 Å². The summed E-state index contributed by atoms with van der Waals surface area (Å²) in [5.41, 5.74) is 7.93. The van der Waals surface area contributed by atoms with Crippen LogP contribution in [0.5, 0.6) is 0 Å². The maximum atomic E-state index is 13.1. The predicted molar refractivity (Wildman–Crippen MR) is 104 cm³/mol. The first-order valence-corrected chi connectivity index (χ1v) is 9.73. The second-order valence-electron chi connectivity index (χ2n) is 7.06. The highest BCUT2D eigenvalue weighted by atomic mass is 35.5. The van der Waals surface area contributed by atoms with E-state index in [0.717, 1.165) is 59.7 Å². The summed E-state index contributed by atoms with van der Waals surface area (Å²) in [7, 11) is 0. The number of nitrogens with two attached hydrogens (primary N) is 1. The van der Waals surface area contributed by atoms with Gasteiger partial charge in [0.15, 0.2) is 0 Å². The van der Waals surface area contributed by atoms with Crippen molar-refractivity contribution in [1.29, 1.82) is 0 Å². The number of nitrogens with zero attached hydrogens (tertiary/aromatic N) is 1. The van der Waals surface area contributed by atoms with Crippen molar-refractivity contribution in [3.63, 3.8) is 0 Å². The number of aromatic nitrogens is 1. The molecule has 2 aliphatic rings. The molecule has 3 atom stereocenters. The summed E-state index contributed by atoms with van der Waals surface area (Å²) in [6.45, 7) is 0. The second-order valence-corrected chi connectivity index (χ2v) is 8.09. The number of hydrogen-bond donors (Lipinski definition) is 2. The zero-order valence-corrected chi connectivity index (χ0v) is 16.0. The van der Waals surface area contributed by atoms with Gasteiger partial charge < -0.3 is 11.1 Å². The van der Waals surface area contributed by atoms with Gasteiger partial charge >= 0.3 is 0 Å². The van der Waals surface area contributed by atoms with Gasteiger partial charge in [-0.15, -0.1) is 23.7 Å². The molecule has 0 bridgehead atoms. The molecule has 0 saturated heterocycles. The van der Waals surface area contributed by atoms with Crippen molar-refractivity contribution >= 4 is 29.7 Å². The fourth-order valence-corrected chi connectivity index (χ4v) is 5.02. The van der Waals surface area contributed by atoms with Crippen LogP contribution in [0.1, 0.15) is 48.7 Å². The zero-order chi connectivity index (χ0) is 17.4. The molecule has 1 aromatic heterocycles. The van der Waals surface area contributed by atoms with Crippen LogP contribution in [0.3, 0.4) is 0 Å². The Morgan fingerprint density at radius 1 is 1.23 bits per heavy atom. The Morgan fingerprint density at radius 3 is 2.69 bits per heavy atom. The highest BCUT2D eigenvalue weighted by Gasteiger charge is 2.32. The van der Waals surface area contributed by atoms with E-state index in [1.54, 1.807) is 23.5 Å². The number of hydrogen-bond acceptors (Lipinski definition) is 4. The van der Waals surface area contributed by atoms with E-state index in [9.17, 15) is 9.18 Å². The van der Waals surface area contributed by atoms with Crippen molar-refractivity contribution < 1.29 is 9.18 Å². The number of thiazole rings is 1. The van der Waals surface area contributed by atoms with Gasteiger partial charge in [-0.1, -0.05) is 0 Å². The Kier molecular flexibility index (Phi) is 5.95. The fraction of sp³-hybridized carbons (Fsp3) is 0.474. The molecule has 1 amide bonds. The first-order valence-electron chi connectivity index (χ1n) is 8.91. The molecule has 0 spiro atoms. The van der Waals surface area contributed by atoms with Gasteiger partial charge in [0.2, 0.25) is 5.91 Å². The molecule has 0 radical (unpaired) electrons. The van der Waals surface area contributed by atoms with Crippen LogP contribution in [0.2, 0.25) is 0 Å². The SMILES string of the molecule is Cl.NC1CCC(C(=O)NC2CCCc3nc(-c4ccc(F)cc4)sc32)C1. The van der Waals surface area contributed by atoms with E-state index in [2.05, 4.69) is 5.32 Å². The van der Waals surface area contributed by atoms with E-state index in [-0.39, 0.29) is 42.1 Å². The minimum atomic E-state index is -0.245. The van der Waals surface area contributed by atoms with E-state index >= 15 is 0 Å². The number of halogens is 2. The molecule has 0 aliphatic heterocycles. The third-order valence-electron chi connectivity index (χ3n) is 5.20. The van der Waals surface area contributed by atoms with E-state index in [1.807, 2.05) is 0 Å². The first kappa shape index (κ1) is 19.3. The molecule has 2 aliphatic carbocycles. The lowest BCUT2D eigenvalue weighted by molar-refractivity contribution is -0.125. The Hall–Kier alpha value is -1.50. The Balaban J connectivity index is 0.00000196. The summed E-state index contributed by atoms with van der Waals surface area (Å²) in [4.78, 5) is 18.5. The van der Waals surface area contributed by atoms with Crippen molar-refractivity contribution in [1.82, 2.24) is 10.3 Å². The van der Waals surface area contributed by atoms with E-state index in [1.165, 1.54) is 12.1 Å². The Morgan fingerprint density at radius 2 is 2.00 bits per heavy atom. The molecule has 3 N–H and O–H groups in total. The fourth-order valence-electron chi connectivity index (χ4n) is 3.82. The van der Waals surface area contributed by atoms with Crippen molar-refractivity contribution in [2.75, 3.05) is 0 Å². The quantitative estimate of drug-likeness (QED) is 0.825. The lowest BCUT2D eigenvalue weighted by Gasteiger charge is -2.24. The molecule has 7 heteroatoms. The van der Waals surface area contributed by atoms with Crippen LogP contribution in [-0.2, 0) is 11.2 Å². The summed E-state index contributed by atoms with van der Waals surface area (Å²) in [5, 5.41) is 4.12. The largest absolute Gasteiger partial charge is 0.348 e. The topological polar surface area (TPSA) is 68.0 Å². The van der Waals surface area contributed by atoms with Crippen LogP contribution in [0.4, 0.5) is 4.39 Å². The molecular formula is C19H23ClFN3OS. The highest BCUT2D eigenvalue weighted by molar-refractivity contribution is 7.15. The first-order chi connectivity index (χ1) is 12.1. The van der Waals surface area contributed by atoms with Crippen LogP contribution >= 0.6 is 23.7 Å². The zero-order valence-electron chi connectivity index (χ0n) is 14.4. The summed E-state index contributed by atoms with van der Waals surface area (Å²) in [5.74, 6) is -0.0719. The minimum Gasteiger partial charge on any atom is -0.348 e. The van der Waals surface area contributed by atoms with Gasteiger partial charge in [0, 0.05) is 17.5 Å². The molecule has 1 heterocycles. The van der Waals surface area contributed by atoms with Crippen molar-refractivity contribution in [2.24, 2.45) is 11.7 Å². The summed E-state index contributed by atoms with van der Waals surface area (Å²) < 4.78 is 13.1. The maximum absolute atomic E-state index is 13.1. The van der Waals surface area contributed by atoms with Crippen LogP contribution < -0.4 is 11.1 Å². The molecule has 4 rings (SSSR count). The third-order valence-corrected chi connectivity index (χ3v) is 6.46. The minimum absolute atomic E-state index is 0. The number of aryl methyl sites for hydroxylation is 1. The van der Waals surface area contributed by atoms with Crippen LogP contribution in [-0.4, -0.2) is 16.9 Å². The Labute approximate surface area is 162 Å². The van der Waals surface area contributed by atoms with Gasteiger partial charge in [-0.2, -0.15) is 0 Å². The van der Waals surface area contributed by atoms with Crippen molar-refractivity contribution in [3.05, 3.63) is 40.7 Å². The van der Waals surface area contributed by atoms with Gasteiger partial charge in [0.1, 0.15) is 10.8 Å². The predicted octanol–water partition coefficient (Wildman–Crippen LogP) is 3.99. The molecule has 1 aromatic carbocycles. The van der Waals surface area contributed by atoms with Crippen molar-refractivity contribution in [2.45, 2.75) is 50.6 Å². The molecular weight excluding hydrogens is 373 g/mol. The number of carbonyl (C=O) groups is 1. The average molecular weight is 396 g/mol. The smallest absolute Gasteiger partial charge is 0.223 e. The van der Waals surface area contributed by atoms with E-state index < -0.39 is 0 Å². The molecule has 1 fully saturated rings. The van der Waals surface area contributed by atoms with Crippen molar-refractivity contribution in [3.8, 4) is 10.6 Å². The third kappa shape index (κ3) is 3.92. The highest BCUT2D eigenvalue weighted by Crippen LogP contribution is 2.38. The van der Waals surface area contributed by atoms with E-state index in [4.69, 9.17) is 10.7 Å². The number of nitrogens with one attached hydrogen (secondary N) is 1. The Bertz CT molecular complexity index is 780. The van der Waals surface area contributed by atoms with Gasteiger partial charge in [0.25, 0.3) is 0 Å². The van der Waals surface area contributed by atoms with E-state index in [0.29, 0.717) is 0 Å². The standard InChI is InChI=1S/C19H22FN3OS.ClH/c20-13-7-4-11(5-8-13)19-23-16-3-1-2-15(17(16)25-19)22-18(24)12-6-9-14(21)10-12;/h4-5,7-8,12,14-15H,1-3,6,9-10,21H2,(H,22,24);1H. The lowest BCUT2D eigenvalue weighted by atomic mass is 9.97. The van der Waals surface area contributed by atoms with Gasteiger partial charge in [0.05, 0.1) is 16.6 Å². The number of carbonyl (C=O) groups excluding carboxylic acids is 1. The van der Waals surface area contributed by atoms with Gasteiger partial charge in [-0.05, 0) is 62.8 Å². The maximum Gasteiger partial charge on any atom is 0.223 e. The molecule has 4 nitrogen and oxygen atoms in total. The normalized spacial score (nSPS) is 24.6. The molecule has 2 aromatic rings. The molecule has 1 saturated carbocycles. The van der Waals surface area contributed by atoms with Crippen LogP contribution in [0.15, 0.2) is 24.3 Å². The van der Waals surface area contributed by atoms with Gasteiger partial charge in [-0.3, -0.25) is 4.79 Å². The molecule has 140 valence electrons. The second kappa shape index (κ2) is 8.03. The summed E-state index contributed by atoms with van der Waals surface area (Å²) >= 11 is 1.61. The average Bonchev–Trinajstić information content (AvgIpc) is 3.22. The summed E-state index contributed by atoms with van der Waals surface area (Å²) in [6, 6.07) is 6.63. The molecule has 26 heavy (non-hydrogen) atoms.